The number of aromatic hydroxyl groups is 1. The van der Waals surface area contributed by atoms with Crippen molar-refractivity contribution >= 4 is 44.7 Å². The lowest BCUT2D eigenvalue weighted by Crippen LogP contribution is -2.38. The van der Waals surface area contributed by atoms with Gasteiger partial charge in [0, 0.05) is 23.3 Å². The smallest absolute Gasteiger partial charge is 0.271 e. The summed E-state index contributed by atoms with van der Waals surface area (Å²) >= 11 is 4.38. The maximum Gasteiger partial charge on any atom is 0.271 e. The number of hydrogen-bond acceptors (Lipinski definition) is 6. The van der Waals surface area contributed by atoms with Gasteiger partial charge in [-0.1, -0.05) is 65.9 Å². The average Bonchev–Trinajstić information content (AvgIpc) is 3.20. The second kappa shape index (κ2) is 8.69. The van der Waals surface area contributed by atoms with Gasteiger partial charge in [-0.2, -0.15) is 0 Å². The van der Waals surface area contributed by atoms with Crippen molar-refractivity contribution < 1.29 is 10.0 Å². The Kier molecular flexibility index (Phi) is 5.46. The Balaban J connectivity index is 1.62. The first-order valence-corrected chi connectivity index (χ1v) is 12.9. The van der Waals surface area contributed by atoms with E-state index in [2.05, 4.69) is 28.1 Å². The van der Waals surface area contributed by atoms with E-state index in [1.54, 1.807) is 4.57 Å². The van der Waals surface area contributed by atoms with Crippen LogP contribution in [0.5, 0.6) is 5.75 Å². The molecule has 0 spiro atoms. The van der Waals surface area contributed by atoms with Crippen LogP contribution in [0.3, 0.4) is 0 Å². The van der Waals surface area contributed by atoms with Gasteiger partial charge in [-0.15, -0.1) is 0 Å². The van der Waals surface area contributed by atoms with Gasteiger partial charge in [-0.05, 0) is 51.5 Å². The lowest BCUT2D eigenvalue weighted by Gasteiger charge is -2.30. The van der Waals surface area contributed by atoms with Gasteiger partial charge < -0.3 is 5.11 Å². The maximum atomic E-state index is 13.8. The molecule has 0 saturated heterocycles. The number of phenolic OH excluding ortho intramolecular Hbond substituents is 1. The molecule has 2 heterocycles. The predicted molar refractivity (Wildman–Crippen MR) is 142 cm³/mol. The van der Waals surface area contributed by atoms with Crippen molar-refractivity contribution in [2.75, 3.05) is 0 Å². The summed E-state index contributed by atoms with van der Waals surface area (Å²) in [7, 11) is 0. The first-order chi connectivity index (χ1) is 17.4. The van der Waals surface area contributed by atoms with Crippen LogP contribution in [0.2, 0.25) is 0 Å². The molecule has 1 aliphatic heterocycles. The Morgan fingerprint density at radius 3 is 2.64 bits per heavy atom. The van der Waals surface area contributed by atoms with Crippen molar-refractivity contribution in [1.29, 1.82) is 0 Å². The van der Waals surface area contributed by atoms with Crippen LogP contribution in [0.4, 0.5) is 5.69 Å². The second-order valence-corrected chi connectivity index (χ2v) is 10.5. The van der Waals surface area contributed by atoms with Gasteiger partial charge in [-0.3, -0.25) is 19.5 Å². The van der Waals surface area contributed by atoms with Crippen LogP contribution >= 0.6 is 27.3 Å². The highest BCUT2D eigenvalue weighted by Crippen LogP contribution is 2.41. The molecule has 0 saturated carbocycles. The number of nitro benzene ring substituents is 1. The highest BCUT2D eigenvalue weighted by Gasteiger charge is 2.32. The molecule has 0 bridgehead atoms. The zero-order valence-electron chi connectivity index (χ0n) is 18.7. The predicted octanol–water partition coefficient (Wildman–Crippen LogP) is 4.70. The molecule has 0 amide bonds. The maximum absolute atomic E-state index is 13.8. The van der Waals surface area contributed by atoms with Crippen molar-refractivity contribution in [3.63, 3.8) is 0 Å². The number of halogens is 1. The van der Waals surface area contributed by atoms with E-state index in [0.717, 1.165) is 35.2 Å². The third-order valence-corrected chi connectivity index (χ3v) is 8.15. The Morgan fingerprint density at radius 1 is 1.11 bits per heavy atom. The van der Waals surface area contributed by atoms with Gasteiger partial charge in [0.25, 0.3) is 11.2 Å². The van der Waals surface area contributed by atoms with Crippen molar-refractivity contribution in [2.24, 2.45) is 4.99 Å². The van der Waals surface area contributed by atoms with Gasteiger partial charge in [-0.25, -0.2) is 4.99 Å². The van der Waals surface area contributed by atoms with Gasteiger partial charge in [0.15, 0.2) is 4.80 Å². The number of nitro groups is 1. The van der Waals surface area contributed by atoms with E-state index < -0.39 is 4.92 Å². The number of rotatable bonds is 3. The molecule has 2 aliphatic rings. The molecule has 36 heavy (non-hydrogen) atoms. The summed E-state index contributed by atoms with van der Waals surface area (Å²) in [4.78, 5) is 30.1. The topological polar surface area (TPSA) is 97.7 Å². The van der Waals surface area contributed by atoms with Crippen molar-refractivity contribution in [1.82, 2.24) is 4.57 Å². The largest absolute Gasteiger partial charge is 0.506 e. The first-order valence-electron chi connectivity index (χ1n) is 11.3. The quantitative estimate of drug-likeness (QED) is 0.290. The molecule has 1 atom stereocenters. The molecular formula is C27H18BrN3O4S. The summed E-state index contributed by atoms with van der Waals surface area (Å²) in [6, 6.07) is 20.3. The zero-order valence-corrected chi connectivity index (χ0v) is 21.1. The van der Waals surface area contributed by atoms with Crippen molar-refractivity contribution in [3.05, 3.63) is 129 Å². The summed E-state index contributed by atoms with van der Waals surface area (Å²) in [5, 5.41) is 21.9. The Morgan fingerprint density at radius 2 is 1.86 bits per heavy atom. The summed E-state index contributed by atoms with van der Waals surface area (Å²) in [6.45, 7) is 0. The molecule has 0 radical (unpaired) electrons. The minimum absolute atomic E-state index is 0.167. The monoisotopic (exact) mass is 559 g/mol. The van der Waals surface area contributed by atoms with E-state index in [-0.39, 0.29) is 33.1 Å². The molecule has 6 rings (SSSR count). The Hall–Kier alpha value is -3.82. The zero-order chi connectivity index (χ0) is 25.0. The molecule has 7 nitrogen and oxygen atoms in total. The fourth-order valence-corrected chi connectivity index (χ4v) is 6.38. The fraction of sp³-hybridized carbons (Fsp3) is 0.111. The fourth-order valence-electron chi connectivity index (χ4n) is 4.92. The number of benzene rings is 3. The minimum Gasteiger partial charge on any atom is -0.506 e. The number of nitrogens with zero attached hydrogens (tertiary/aromatic N) is 3. The molecule has 1 N–H and O–H groups in total. The van der Waals surface area contributed by atoms with E-state index in [4.69, 9.17) is 4.99 Å². The lowest BCUT2D eigenvalue weighted by atomic mass is 9.83. The third-order valence-electron chi connectivity index (χ3n) is 6.56. The van der Waals surface area contributed by atoms with Gasteiger partial charge in [0.05, 0.1) is 25.7 Å². The van der Waals surface area contributed by atoms with Crippen molar-refractivity contribution in [3.8, 4) is 5.75 Å². The van der Waals surface area contributed by atoms with Crippen LogP contribution in [0, 0.1) is 10.1 Å². The van der Waals surface area contributed by atoms with Crippen LogP contribution in [0.1, 0.15) is 34.7 Å². The van der Waals surface area contributed by atoms with Crippen LogP contribution in [0.15, 0.2) is 86.6 Å². The van der Waals surface area contributed by atoms with E-state index in [1.807, 2.05) is 42.5 Å². The highest BCUT2D eigenvalue weighted by atomic mass is 79.9. The van der Waals surface area contributed by atoms with E-state index in [0.29, 0.717) is 9.33 Å². The normalized spacial score (nSPS) is 16.7. The van der Waals surface area contributed by atoms with Gasteiger partial charge in [0.2, 0.25) is 0 Å². The van der Waals surface area contributed by atoms with Crippen LogP contribution in [0.25, 0.3) is 11.8 Å². The molecule has 3 aromatic carbocycles. The Labute approximate surface area is 217 Å². The number of hydrogen-bond donors (Lipinski definition) is 1. The number of non-ortho nitro benzene ring substituents is 1. The van der Waals surface area contributed by atoms with Gasteiger partial charge in [0.1, 0.15) is 5.75 Å². The van der Waals surface area contributed by atoms with E-state index >= 15 is 0 Å². The molecule has 1 aromatic heterocycles. The molecule has 0 unspecified atom stereocenters. The molecule has 1 aliphatic carbocycles. The number of allylic oxidation sites excluding steroid dienone is 1. The van der Waals surface area contributed by atoms with Crippen LogP contribution < -0.4 is 14.9 Å². The number of phenols is 1. The third kappa shape index (κ3) is 3.63. The summed E-state index contributed by atoms with van der Waals surface area (Å²) in [5.74, 6) is -0.167. The average molecular weight is 560 g/mol. The summed E-state index contributed by atoms with van der Waals surface area (Å²) in [5.41, 5.74) is 5.06. The minimum atomic E-state index is -0.538. The molecule has 178 valence electrons. The number of aromatic nitrogens is 1. The summed E-state index contributed by atoms with van der Waals surface area (Å²) < 4.78 is 2.23. The van der Waals surface area contributed by atoms with Gasteiger partial charge >= 0.3 is 0 Å². The number of thiazole rings is 1. The number of fused-ring (bicyclic) bond motifs is 3. The SMILES string of the molecule is O=c1/c(=C/c2cc([N+](=O)[O-])cc(Br)c2O)sc2n1[C@H](c1ccccc1)C1=C(N=2)c2ccccc2CC1. The highest BCUT2D eigenvalue weighted by molar-refractivity contribution is 9.10. The molecule has 0 fully saturated rings. The summed E-state index contributed by atoms with van der Waals surface area (Å²) in [6.07, 6.45) is 3.15. The van der Waals surface area contributed by atoms with Crippen LogP contribution in [-0.4, -0.2) is 14.6 Å². The molecular weight excluding hydrogens is 542 g/mol. The lowest BCUT2D eigenvalue weighted by molar-refractivity contribution is -0.385. The van der Waals surface area contributed by atoms with Crippen LogP contribution in [-0.2, 0) is 6.42 Å². The molecule has 4 aromatic rings. The second-order valence-electron chi connectivity index (χ2n) is 8.65. The standard InChI is InChI=1S/C27H18BrN3O4S/c28-21-14-18(31(34)35)12-17(25(21)32)13-22-26(33)30-24(16-7-2-1-3-8-16)20-11-10-15-6-4-5-9-19(15)23(20)29-27(30)36-22/h1-9,12-14,24,32H,10-11H2/b22-13-/t24-/m1/s1. The Bertz CT molecular complexity index is 1770. The number of aryl methyl sites for hydroxylation is 1. The first kappa shape index (κ1) is 22.6. The molecule has 9 heteroatoms. The van der Waals surface area contributed by atoms with E-state index in [1.165, 1.54) is 35.1 Å². The van der Waals surface area contributed by atoms with E-state index in [9.17, 15) is 20.0 Å². The van der Waals surface area contributed by atoms with Crippen molar-refractivity contribution in [2.45, 2.75) is 18.9 Å².